The molecule has 2 aromatic rings. The molecule has 0 bridgehead atoms. The van der Waals surface area contributed by atoms with E-state index in [0.717, 1.165) is 11.6 Å². The van der Waals surface area contributed by atoms with Crippen LogP contribution in [0.4, 0.5) is 13.2 Å². The Morgan fingerprint density at radius 1 is 0.944 bits per heavy atom. The van der Waals surface area contributed by atoms with Gasteiger partial charge in [-0.25, -0.2) is 13.2 Å². The first-order valence-electron chi connectivity index (χ1n) is 5.51. The van der Waals surface area contributed by atoms with Crippen LogP contribution in [0.5, 0.6) is 0 Å². The molecule has 0 unspecified atom stereocenters. The highest BCUT2D eigenvalue weighted by Crippen LogP contribution is 2.27. The van der Waals surface area contributed by atoms with Gasteiger partial charge in [0.05, 0.1) is 0 Å². The Balaban J connectivity index is 2.48. The molecule has 2 aromatic carbocycles. The fourth-order valence-corrected chi connectivity index (χ4v) is 1.80. The van der Waals surface area contributed by atoms with Crippen LogP contribution in [0.1, 0.15) is 5.56 Å². The highest BCUT2D eigenvalue weighted by molar-refractivity contribution is 5.65. The largest absolute Gasteiger partial charge is 0.316 e. The minimum absolute atomic E-state index is 0.0619. The second-order valence-corrected chi connectivity index (χ2v) is 3.95. The summed E-state index contributed by atoms with van der Waals surface area (Å²) in [6.07, 6.45) is 0. The summed E-state index contributed by atoms with van der Waals surface area (Å²) in [5.74, 6) is -2.57. The van der Waals surface area contributed by atoms with Gasteiger partial charge in [0, 0.05) is 17.7 Å². The molecule has 0 fully saturated rings. The molecule has 0 amide bonds. The third kappa shape index (κ3) is 2.38. The molecule has 18 heavy (non-hydrogen) atoms. The van der Waals surface area contributed by atoms with Crippen molar-refractivity contribution in [2.75, 3.05) is 7.05 Å². The van der Waals surface area contributed by atoms with E-state index in [1.54, 1.807) is 13.1 Å². The van der Waals surface area contributed by atoms with Crippen LogP contribution in [0.15, 0.2) is 36.4 Å². The van der Waals surface area contributed by atoms with Gasteiger partial charge in [-0.15, -0.1) is 0 Å². The van der Waals surface area contributed by atoms with Gasteiger partial charge < -0.3 is 5.32 Å². The number of benzene rings is 2. The Morgan fingerprint density at radius 2 is 1.72 bits per heavy atom. The maximum atomic E-state index is 13.9. The number of nitrogens with one attached hydrogen (secondary N) is 1. The molecule has 0 aliphatic carbocycles. The summed E-state index contributed by atoms with van der Waals surface area (Å²) in [6, 6.07) is 8.17. The van der Waals surface area contributed by atoms with Crippen molar-refractivity contribution < 1.29 is 13.2 Å². The zero-order chi connectivity index (χ0) is 13.1. The van der Waals surface area contributed by atoms with Gasteiger partial charge in [-0.3, -0.25) is 0 Å². The Labute approximate surface area is 103 Å². The summed E-state index contributed by atoms with van der Waals surface area (Å²) >= 11 is 0. The third-order valence-corrected chi connectivity index (χ3v) is 2.66. The molecule has 1 nitrogen and oxygen atoms in total. The highest BCUT2D eigenvalue weighted by atomic mass is 19.2. The van der Waals surface area contributed by atoms with E-state index in [2.05, 4.69) is 5.32 Å². The number of hydrogen-bond acceptors (Lipinski definition) is 1. The molecular formula is C14H12F3N. The lowest BCUT2D eigenvalue weighted by Gasteiger charge is -2.07. The van der Waals surface area contributed by atoms with Crippen molar-refractivity contribution >= 4 is 0 Å². The lowest BCUT2D eigenvalue weighted by atomic mass is 10.0. The molecule has 0 aliphatic rings. The first kappa shape index (κ1) is 12.6. The maximum absolute atomic E-state index is 13.9. The van der Waals surface area contributed by atoms with E-state index in [4.69, 9.17) is 0 Å². The van der Waals surface area contributed by atoms with Crippen LogP contribution in [-0.4, -0.2) is 7.05 Å². The first-order valence-corrected chi connectivity index (χ1v) is 5.51. The molecule has 0 radical (unpaired) electrons. The third-order valence-electron chi connectivity index (χ3n) is 2.66. The van der Waals surface area contributed by atoms with Crippen molar-refractivity contribution in [3.63, 3.8) is 0 Å². The van der Waals surface area contributed by atoms with Gasteiger partial charge >= 0.3 is 0 Å². The predicted octanol–water partition coefficient (Wildman–Crippen LogP) is 3.49. The average Bonchev–Trinajstić information content (AvgIpc) is 2.34. The van der Waals surface area contributed by atoms with Crippen LogP contribution < -0.4 is 5.32 Å². The van der Waals surface area contributed by atoms with E-state index in [-0.39, 0.29) is 11.1 Å². The van der Waals surface area contributed by atoms with Gasteiger partial charge in [-0.05, 0) is 24.7 Å². The highest BCUT2D eigenvalue weighted by Gasteiger charge is 2.13. The van der Waals surface area contributed by atoms with Crippen molar-refractivity contribution in [2.45, 2.75) is 6.54 Å². The minimum atomic E-state index is -1.03. The van der Waals surface area contributed by atoms with Gasteiger partial charge in [0.1, 0.15) is 5.82 Å². The van der Waals surface area contributed by atoms with E-state index in [1.807, 2.05) is 0 Å². The van der Waals surface area contributed by atoms with E-state index in [1.165, 1.54) is 24.3 Å². The van der Waals surface area contributed by atoms with Crippen molar-refractivity contribution in [1.29, 1.82) is 0 Å². The first-order chi connectivity index (χ1) is 8.63. The lowest BCUT2D eigenvalue weighted by Crippen LogP contribution is -2.05. The number of halogens is 3. The summed E-state index contributed by atoms with van der Waals surface area (Å²) in [5, 5.41) is 2.89. The van der Waals surface area contributed by atoms with Gasteiger partial charge in [0.25, 0.3) is 0 Å². The smallest absolute Gasteiger partial charge is 0.166 e. The fourth-order valence-electron chi connectivity index (χ4n) is 1.80. The standard InChI is InChI=1S/C14H12F3N/c1-18-8-9-5-6-10(13(16)7-9)11-3-2-4-12(15)14(11)17/h2-7,18H,8H2,1H3. The Morgan fingerprint density at radius 3 is 2.39 bits per heavy atom. The summed E-state index contributed by atoms with van der Waals surface area (Å²) in [6.45, 7) is 0.517. The molecule has 0 aliphatic heterocycles. The second kappa shape index (κ2) is 5.23. The quantitative estimate of drug-likeness (QED) is 0.880. The number of hydrogen-bond donors (Lipinski definition) is 1. The predicted molar refractivity (Wildman–Crippen MR) is 64.5 cm³/mol. The molecule has 2 rings (SSSR count). The molecule has 1 N–H and O–H groups in total. The summed E-state index contributed by atoms with van der Waals surface area (Å²) in [4.78, 5) is 0. The Bertz CT molecular complexity index is 567. The van der Waals surface area contributed by atoms with Crippen LogP contribution in [-0.2, 0) is 6.54 Å². The van der Waals surface area contributed by atoms with E-state index < -0.39 is 17.5 Å². The minimum Gasteiger partial charge on any atom is -0.316 e. The van der Waals surface area contributed by atoms with Gasteiger partial charge in [-0.1, -0.05) is 24.3 Å². The monoisotopic (exact) mass is 251 g/mol. The molecule has 0 saturated carbocycles. The lowest BCUT2D eigenvalue weighted by molar-refractivity contribution is 0.510. The molecule has 0 atom stereocenters. The maximum Gasteiger partial charge on any atom is 0.166 e. The Hall–Kier alpha value is -1.81. The van der Waals surface area contributed by atoms with E-state index in [9.17, 15) is 13.2 Å². The van der Waals surface area contributed by atoms with Crippen molar-refractivity contribution in [3.05, 3.63) is 59.4 Å². The van der Waals surface area contributed by atoms with Crippen molar-refractivity contribution in [1.82, 2.24) is 5.32 Å². The molecule has 0 aromatic heterocycles. The fraction of sp³-hybridized carbons (Fsp3) is 0.143. The van der Waals surface area contributed by atoms with Crippen LogP contribution >= 0.6 is 0 Å². The van der Waals surface area contributed by atoms with Gasteiger partial charge in [0.2, 0.25) is 0 Å². The topological polar surface area (TPSA) is 12.0 Å². The number of rotatable bonds is 3. The molecular weight excluding hydrogens is 239 g/mol. The summed E-state index contributed by atoms with van der Waals surface area (Å²) in [7, 11) is 1.75. The average molecular weight is 251 g/mol. The van der Waals surface area contributed by atoms with Crippen LogP contribution in [0.25, 0.3) is 11.1 Å². The summed E-state index contributed by atoms with van der Waals surface area (Å²) < 4.78 is 40.5. The van der Waals surface area contributed by atoms with Crippen molar-refractivity contribution in [2.24, 2.45) is 0 Å². The normalized spacial score (nSPS) is 10.7. The summed E-state index contributed by atoms with van der Waals surface area (Å²) in [5.41, 5.74) is 0.742. The Kier molecular flexibility index (Phi) is 3.67. The van der Waals surface area contributed by atoms with Gasteiger partial charge in [-0.2, -0.15) is 0 Å². The van der Waals surface area contributed by atoms with E-state index >= 15 is 0 Å². The van der Waals surface area contributed by atoms with Crippen LogP contribution in [0, 0.1) is 17.5 Å². The zero-order valence-electron chi connectivity index (χ0n) is 9.81. The van der Waals surface area contributed by atoms with Gasteiger partial charge in [0.15, 0.2) is 11.6 Å². The second-order valence-electron chi connectivity index (χ2n) is 3.95. The molecule has 94 valence electrons. The zero-order valence-corrected chi connectivity index (χ0v) is 9.81. The molecule has 0 heterocycles. The van der Waals surface area contributed by atoms with Crippen molar-refractivity contribution in [3.8, 4) is 11.1 Å². The van der Waals surface area contributed by atoms with Crippen LogP contribution in [0.3, 0.4) is 0 Å². The SMILES string of the molecule is CNCc1ccc(-c2cccc(F)c2F)c(F)c1. The van der Waals surface area contributed by atoms with Crippen LogP contribution in [0.2, 0.25) is 0 Å². The van der Waals surface area contributed by atoms with E-state index in [0.29, 0.717) is 6.54 Å². The molecule has 0 spiro atoms. The molecule has 0 saturated heterocycles. The molecule has 4 heteroatoms.